The number of nitrogens with two attached hydrogens (primary N) is 1. The number of hydrogen-bond donors (Lipinski definition) is 1. The Kier molecular flexibility index (Phi) is 5.34. The van der Waals surface area contributed by atoms with Crippen LogP contribution in [0.5, 0.6) is 0 Å². The van der Waals surface area contributed by atoms with Gasteiger partial charge in [0.1, 0.15) is 0 Å². The highest BCUT2D eigenvalue weighted by molar-refractivity contribution is 5.11. The second-order valence-corrected chi connectivity index (χ2v) is 5.80. The molecule has 0 amide bonds. The summed E-state index contributed by atoms with van der Waals surface area (Å²) in [6.07, 6.45) is 7.12. The molecule has 19 heavy (non-hydrogen) atoms. The highest BCUT2D eigenvalue weighted by Crippen LogP contribution is 2.28. The molecule has 3 atom stereocenters. The van der Waals surface area contributed by atoms with Crippen molar-refractivity contribution >= 4 is 0 Å². The molecular weight excluding hydrogens is 234 g/mol. The van der Waals surface area contributed by atoms with Crippen molar-refractivity contribution < 1.29 is 0 Å². The largest absolute Gasteiger partial charge is 0.326 e. The molecule has 1 aliphatic heterocycles. The summed E-state index contributed by atoms with van der Waals surface area (Å²) in [7, 11) is 0. The van der Waals surface area contributed by atoms with Crippen LogP contribution in [-0.2, 0) is 0 Å². The molecule has 1 aliphatic rings. The molecule has 2 N–H and O–H groups in total. The van der Waals surface area contributed by atoms with Crippen LogP contribution in [0.4, 0.5) is 0 Å². The van der Waals surface area contributed by atoms with E-state index in [1.807, 2.05) is 12.3 Å². The quantitative estimate of drug-likeness (QED) is 0.906. The van der Waals surface area contributed by atoms with Crippen molar-refractivity contribution in [3.63, 3.8) is 0 Å². The molecule has 1 saturated heterocycles. The average molecular weight is 261 g/mol. The summed E-state index contributed by atoms with van der Waals surface area (Å²) in [5.74, 6) is 0.891. The zero-order valence-electron chi connectivity index (χ0n) is 12.3. The predicted molar refractivity (Wildman–Crippen MR) is 79.8 cm³/mol. The summed E-state index contributed by atoms with van der Waals surface area (Å²) >= 11 is 0. The number of rotatable bonds is 4. The van der Waals surface area contributed by atoms with Crippen molar-refractivity contribution in [1.29, 1.82) is 0 Å². The third-order valence-electron chi connectivity index (χ3n) is 4.34. The fourth-order valence-corrected chi connectivity index (χ4v) is 3.21. The average Bonchev–Trinajstić information content (AvgIpc) is 2.65. The van der Waals surface area contributed by atoms with E-state index >= 15 is 0 Å². The van der Waals surface area contributed by atoms with Crippen LogP contribution in [0.1, 0.15) is 51.3 Å². The lowest BCUT2D eigenvalue weighted by Gasteiger charge is -2.33. The fraction of sp³-hybridized carbons (Fsp3) is 0.688. The molecule has 0 bridgehead atoms. The first-order valence-electron chi connectivity index (χ1n) is 7.63. The lowest BCUT2D eigenvalue weighted by Crippen LogP contribution is -2.40. The topological polar surface area (TPSA) is 42.2 Å². The molecule has 0 radical (unpaired) electrons. The molecule has 1 aromatic heterocycles. The Morgan fingerprint density at radius 3 is 2.84 bits per heavy atom. The lowest BCUT2D eigenvalue weighted by atomic mass is 9.98. The van der Waals surface area contributed by atoms with E-state index < -0.39 is 0 Å². The molecule has 0 aliphatic carbocycles. The third kappa shape index (κ3) is 3.77. The van der Waals surface area contributed by atoms with Gasteiger partial charge in [-0.15, -0.1) is 0 Å². The molecule has 2 rings (SSSR count). The molecule has 0 aromatic carbocycles. The van der Waals surface area contributed by atoms with Gasteiger partial charge in [0.25, 0.3) is 0 Å². The van der Waals surface area contributed by atoms with Crippen molar-refractivity contribution in [2.75, 3.05) is 13.1 Å². The third-order valence-corrected chi connectivity index (χ3v) is 4.34. The number of aromatic nitrogens is 1. The fourth-order valence-electron chi connectivity index (χ4n) is 3.21. The monoisotopic (exact) mass is 261 g/mol. The van der Waals surface area contributed by atoms with Gasteiger partial charge >= 0.3 is 0 Å². The van der Waals surface area contributed by atoms with Crippen molar-refractivity contribution in [2.24, 2.45) is 11.7 Å². The molecule has 106 valence electrons. The van der Waals surface area contributed by atoms with Gasteiger partial charge in [0.15, 0.2) is 0 Å². The highest BCUT2D eigenvalue weighted by Gasteiger charge is 2.27. The maximum absolute atomic E-state index is 6.24. The molecule has 1 fully saturated rings. The van der Waals surface area contributed by atoms with E-state index in [0.29, 0.717) is 0 Å². The van der Waals surface area contributed by atoms with Gasteiger partial charge in [-0.05, 0) is 57.3 Å². The summed E-state index contributed by atoms with van der Waals surface area (Å²) in [5, 5.41) is 0. The zero-order chi connectivity index (χ0) is 13.7. The Morgan fingerprint density at radius 2 is 2.21 bits per heavy atom. The molecule has 2 heterocycles. The molecule has 3 nitrogen and oxygen atoms in total. The first-order valence-corrected chi connectivity index (χ1v) is 7.63. The second kappa shape index (κ2) is 7.01. The van der Waals surface area contributed by atoms with Crippen molar-refractivity contribution in [3.05, 3.63) is 30.1 Å². The molecule has 1 aromatic rings. The van der Waals surface area contributed by atoms with Gasteiger partial charge < -0.3 is 5.73 Å². The van der Waals surface area contributed by atoms with Crippen LogP contribution in [0.25, 0.3) is 0 Å². The van der Waals surface area contributed by atoms with Crippen LogP contribution >= 0.6 is 0 Å². The van der Waals surface area contributed by atoms with Crippen molar-refractivity contribution in [3.8, 4) is 0 Å². The summed E-state index contributed by atoms with van der Waals surface area (Å²) in [6.45, 7) is 6.71. The summed E-state index contributed by atoms with van der Waals surface area (Å²) < 4.78 is 0. The van der Waals surface area contributed by atoms with E-state index in [9.17, 15) is 0 Å². The van der Waals surface area contributed by atoms with Crippen LogP contribution < -0.4 is 5.73 Å². The smallest absolute Gasteiger partial charge is 0.0670 e. The minimum absolute atomic E-state index is 0.119. The zero-order valence-corrected chi connectivity index (χ0v) is 12.3. The van der Waals surface area contributed by atoms with E-state index in [4.69, 9.17) is 5.73 Å². The van der Waals surface area contributed by atoms with Gasteiger partial charge in [-0.1, -0.05) is 19.4 Å². The summed E-state index contributed by atoms with van der Waals surface area (Å²) in [4.78, 5) is 7.07. The normalized spacial score (nSPS) is 24.7. The Hall–Kier alpha value is -0.930. The van der Waals surface area contributed by atoms with Crippen LogP contribution in [-0.4, -0.2) is 29.0 Å². The van der Waals surface area contributed by atoms with Gasteiger partial charge in [-0.3, -0.25) is 9.88 Å². The van der Waals surface area contributed by atoms with E-state index in [2.05, 4.69) is 35.9 Å². The molecule has 3 unspecified atom stereocenters. The number of hydrogen-bond acceptors (Lipinski definition) is 3. The molecule has 0 saturated carbocycles. The number of pyridine rings is 1. The second-order valence-electron chi connectivity index (χ2n) is 5.80. The first kappa shape index (κ1) is 14.5. The van der Waals surface area contributed by atoms with E-state index in [1.54, 1.807) is 0 Å². The number of likely N-dealkylation sites (tertiary alicyclic amines) is 1. The van der Waals surface area contributed by atoms with Crippen LogP contribution in [0, 0.1) is 5.92 Å². The van der Waals surface area contributed by atoms with E-state index in [-0.39, 0.29) is 12.1 Å². The minimum Gasteiger partial charge on any atom is -0.326 e. The first-order chi connectivity index (χ1) is 9.22. The Balaban J connectivity index is 2.11. The van der Waals surface area contributed by atoms with Gasteiger partial charge in [0, 0.05) is 12.2 Å². The Morgan fingerprint density at radius 1 is 1.37 bits per heavy atom. The predicted octanol–water partition coefficient (Wildman–Crippen LogP) is 2.98. The minimum atomic E-state index is 0.119. The van der Waals surface area contributed by atoms with Gasteiger partial charge in [0.2, 0.25) is 0 Å². The molecular formula is C16H27N3. The van der Waals surface area contributed by atoms with Gasteiger partial charge in [-0.2, -0.15) is 0 Å². The highest BCUT2D eigenvalue weighted by atomic mass is 15.2. The summed E-state index contributed by atoms with van der Waals surface area (Å²) in [5.41, 5.74) is 7.35. The standard InChI is InChI=1S/C16H27N3/c1-3-14-7-6-11-19(12-9-14)16(13(2)17)15-8-4-5-10-18-15/h4-5,8,10,13-14,16H,3,6-7,9,11-12,17H2,1-2H3. The molecule has 3 heteroatoms. The van der Waals surface area contributed by atoms with Crippen LogP contribution in [0.15, 0.2) is 24.4 Å². The summed E-state index contributed by atoms with van der Waals surface area (Å²) in [6, 6.07) is 6.52. The van der Waals surface area contributed by atoms with E-state index in [1.165, 1.54) is 25.7 Å². The van der Waals surface area contributed by atoms with Gasteiger partial charge in [0.05, 0.1) is 11.7 Å². The van der Waals surface area contributed by atoms with Crippen LogP contribution in [0.2, 0.25) is 0 Å². The van der Waals surface area contributed by atoms with Crippen molar-refractivity contribution in [1.82, 2.24) is 9.88 Å². The SMILES string of the molecule is CCC1CCCN(C(c2ccccn2)C(C)N)CC1. The Bertz CT molecular complexity index is 364. The number of nitrogens with zero attached hydrogens (tertiary/aromatic N) is 2. The lowest BCUT2D eigenvalue weighted by molar-refractivity contribution is 0.177. The van der Waals surface area contributed by atoms with Crippen LogP contribution in [0.3, 0.4) is 0 Å². The van der Waals surface area contributed by atoms with Crippen molar-refractivity contribution in [2.45, 2.75) is 51.6 Å². The molecule has 0 spiro atoms. The maximum Gasteiger partial charge on any atom is 0.0670 e. The Labute approximate surface area is 117 Å². The maximum atomic E-state index is 6.24. The van der Waals surface area contributed by atoms with Gasteiger partial charge in [-0.25, -0.2) is 0 Å². The van der Waals surface area contributed by atoms with E-state index in [0.717, 1.165) is 24.7 Å².